The van der Waals surface area contributed by atoms with E-state index in [1.807, 2.05) is 20.8 Å². The summed E-state index contributed by atoms with van der Waals surface area (Å²) in [6.07, 6.45) is 2.19. The van der Waals surface area contributed by atoms with Crippen molar-refractivity contribution in [3.8, 4) is 5.75 Å². The molecule has 0 spiro atoms. The third-order valence-corrected chi connectivity index (χ3v) is 3.39. The predicted octanol–water partition coefficient (Wildman–Crippen LogP) is 3.36. The molecular weight excluding hydrogens is 272 g/mol. The third-order valence-electron chi connectivity index (χ3n) is 3.39. The summed E-state index contributed by atoms with van der Waals surface area (Å²) in [5.74, 6) is 0.501. The second-order valence-corrected chi connectivity index (χ2v) is 5.62. The van der Waals surface area contributed by atoms with Crippen molar-refractivity contribution in [1.82, 2.24) is 0 Å². The second kappa shape index (κ2) is 6.76. The normalized spacial score (nSPS) is 19.5. The molecule has 0 aromatic heterocycles. The average molecular weight is 294 g/mol. The lowest BCUT2D eigenvalue weighted by Gasteiger charge is -2.21. The minimum Gasteiger partial charge on any atom is -0.491 e. The van der Waals surface area contributed by atoms with Crippen LogP contribution in [0.1, 0.15) is 33.6 Å². The van der Waals surface area contributed by atoms with E-state index in [4.69, 9.17) is 9.47 Å². The predicted molar refractivity (Wildman–Crippen MR) is 80.9 cm³/mol. The Morgan fingerprint density at radius 3 is 2.71 bits per heavy atom. The highest BCUT2D eigenvalue weighted by Gasteiger charge is 2.23. The molecule has 0 radical (unpaired) electrons. The van der Waals surface area contributed by atoms with Crippen LogP contribution in [-0.2, 0) is 4.74 Å². The molecule has 1 aromatic rings. The molecule has 6 nitrogen and oxygen atoms in total. The molecule has 2 atom stereocenters. The third kappa shape index (κ3) is 4.32. The van der Waals surface area contributed by atoms with Gasteiger partial charge in [0, 0.05) is 30.5 Å². The quantitative estimate of drug-likeness (QED) is 0.643. The van der Waals surface area contributed by atoms with E-state index < -0.39 is 4.92 Å². The van der Waals surface area contributed by atoms with Gasteiger partial charge < -0.3 is 14.8 Å². The van der Waals surface area contributed by atoms with Crippen molar-refractivity contribution in [3.63, 3.8) is 0 Å². The Morgan fingerprint density at radius 1 is 1.38 bits per heavy atom. The summed E-state index contributed by atoms with van der Waals surface area (Å²) in [7, 11) is 0. The Balaban J connectivity index is 2.16. The molecule has 1 aromatic carbocycles. The topological polar surface area (TPSA) is 73.6 Å². The van der Waals surface area contributed by atoms with Gasteiger partial charge in [-0.3, -0.25) is 10.1 Å². The first-order chi connectivity index (χ1) is 9.95. The number of hydrogen-bond donors (Lipinski definition) is 1. The van der Waals surface area contributed by atoms with Crippen LogP contribution in [0.2, 0.25) is 0 Å². The molecule has 21 heavy (non-hydrogen) atoms. The zero-order valence-electron chi connectivity index (χ0n) is 12.7. The van der Waals surface area contributed by atoms with Crippen LogP contribution in [0, 0.1) is 10.1 Å². The summed E-state index contributed by atoms with van der Waals surface area (Å²) in [6, 6.07) is 4.86. The fourth-order valence-corrected chi connectivity index (χ4v) is 2.47. The summed E-state index contributed by atoms with van der Waals surface area (Å²) in [6.45, 7) is 6.59. The largest absolute Gasteiger partial charge is 0.491 e. The minimum absolute atomic E-state index is 0.0233. The molecule has 0 aliphatic carbocycles. The van der Waals surface area contributed by atoms with Gasteiger partial charge in [0.15, 0.2) is 0 Å². The minimum atomic E-state index is -0.408. The molecule has 1 heterocycles. The highest BCUT2D eigenvalue weighted by atomic mass is 16.6. The van der Waals surface area contributed by atoms with Crippen molar-refractivity contribution in [2.75, 3.05) is 11.9 Å². The summed E-state index contributed by atoms with van der Waals surface area (Å²) in [4.78, 5) is 10.6. The van der Waals surface area contributed by atoms with Gasteiger partial charge in [-0.05, 0) is 33.6 Å². The number of rotatable bonds is 6. The van der Waals surface area contributed by atoms with E-state index in [0.717, 1.165) is 19.4 Å². The van der Waals surface area contributed by atoms with Crippen LogP contribution < -0.4 is 10.1 Å². The maximum Gasteiger partial charge on any atom is 0.275 e. The second-order valence-electron chi connectivity index (χ2n) is 5.62. The highest BCUT2D eigenvalue weighted by Crippen LogP contribution is 2.28. The Hall–Kier alpha value is -1.82. The molecule has 116 valence electrons. The van der Waals surface area contributed by atoms with Gasteiger partial charge in [-0.2, -0.15) is 0 Å². The van der Waals surface area contributed by atoms with E-state index in [0.29, 0.717) is 11.4 Å². The van der Waals surface area contributed by atoms with Crippen LogP contribution in [0.5, 0.6) is 5.75 Å². The van der Waals surface area contributed by atoms with Gasteiger partial charge in [-0.1, -0.05) is 0 Å². The summed E-state index contributed by atoms with van der Waals surface area (Å²) >= 11 is 0. The molecule has 0 saturated carbocycles. The molecule has 1 aliphatic rings. The van der Waals surface area contributed by atoms with Gasteiger partial charge in [0.2, 0.25) is 0 Å². The lowest BCUT2D eigenvalue weighted by Crippen LogP contribution is -2.30. The van der Waals surface area contributed by atoms with Crippen molar-refractivity contribution in [1.29, 1.82) is 0 Å². The van der Waals surface area contributed by atoms with Gasteiger partial charge in [0.25, 0.3) is 5.69 Å². The first-order valence-corrected chi connectivity index (χ1v) is 7.30. The van der Waals surface area contributed by atoms with Gasteiger partial charge in [0.1, 0.15) is 5.75 Å². The van der Waals surface area contributed by atoms with Crippen LogP contribution in [0.15, 0.2) is 18.2 Å². The first-order valence-electron chi connectivity index (χ1n) is 7.30. The van der Waals surface area contributed by atoms with Gasteiger partial charge in [0.05, 0.1) is 23.2 Å². The fourth-order valence-electron chi connectivity index (χ4n) is 2.47. The van der Waals surface area contributed by atoms with E-state index in [1.54, 1.807) is 6.07 Å². The fraction of sp³-hybridized carbons (Fsp3) is 0.600. The average Bonchev–Trinajstić information content (AvgIpc) is 2.91. The van der Waals surface area contributed by atoms with Crippen LogP contribution >= 0.6 is 0 Å². The van der Waals surface area contributed by atoms with Gasteiger partial charge in [-0.15, -0.1) is 0 Å². The molecule has 0 amide bonds. The summed E-state index contributed by atoms with van der Waals surface area (Å²) < 4.78 is 11.2. The van der Waals surface area contributed by atoms with Crippen molar-refractivity contribution >= 4 is 11.4 Å². The number of non-ortho nitro benzene ring substituents is 1. The maximum absolute atomic E-state index is 11.0. The number of hydrogen-bond acceptors (Lipinski definition) is 5. The molecular formula is C15H22N2O4. The molecule has 2 unspecified atom stereocenters. The Labute approximate surface area is 124 Å². The molecule has 0 bridgehead atoms. The van der Waals surface area contributed by atoms with E-state index in [9.17, 15) is 10.1 Å². The standard InChI is InChI=1S/C15H22N2O4/c1-10(2)21-14-8-12(7-13(9-14)17(18)19)16-11(3)15-5-4-6-20-15/h7-11,15-16H,4-6H2,1-3H3. The van der Waals surface area contributed by atoms with Crippen LogP contribution in [0.25, 0.3) is 0 Å². The SMILES string of the molecule is CC(C)Oc1cc(NC(C)C2CCCO2)cc([N+](=O)[O-])c1. The summed E-state index contributed by atoms with van der Waals surface area (Å²) in [5.41, 5.74) is 0.707. The number of nitrogens with one attached hydrogen (secondary N) is 1. The number of ether oxygens (including phenoxy) is 2. The number of anilines is 1. The van der Waals surface area contributed by atoms with Crippen LogP contribution in [0.4, 0.5) is 11.4 Å². The monoisotopic (exact) mass is 294 g/mol. The maximum atomic E-state index is 11.0. The van der Waals surface area contributed by atoms with E-state index in [-0.39, 0.29) is 23.9 Å². The molecule has 1 N–H and O–H groups in total. The Morgan fingerprint density at radius 2 is 2.14 bits per heavy atom. The molecule has 6 heteroatoms. The zero-order valence-corrected chi connectivity index (χ0v) is 12.7. The smallest absolute Gasteiger partial charge is 0.275 e. The number of nitro benzene ring substituents is 1. The Bertz CT molecular complexity index is 498. The van der Waals surface area contributed by atoms with Crippen molar-refractivity contribution < 1.29 is 14.4 Å². The van der Waals surface area contributed by atoms with Crippen molar-refractivity contribution in [2.45, 2.75) is 51.9 Å². The van der Waals surface area contributed by atoms with Crippen molar-refractivity contribution in [3.05, 3.63) is 28.3 Å². The lowest BCUT2D eigenvalue weighted by atomic mass is 10.1. The van der Waals surface area contributed by atoms with Gasteiger partial charge >= 0.3 is 0 Å². The molecule has 1 fully saturated rings. The van der Waals surface area contributed by atoms with E-state index >= 15 is 0 Å². The van der Waals surface area contributed by atoms with Crippen molar-refractivity contribution in [2.24, 2.45) is 0 Å². The number of nitrogens with zero attached hydrogens (tertiary/aromatic N) is 1. The van der Waals surface area contributed by atoms with E-state index in [2.05, 4.69) is 5.32 Å². The number of nitro groups is 1. The molecule has 1 aliphatic heterocycles. The summed E-state index contributed by atoms with van der Waals surface area (Å²) in [5, 5.41) is 14.3. The lowest BCUT2D eigenvalue weighted by molar-refractivity contribution is -0.384. The molecule has 2 rings (SSSR count). The first kappa shape index (κ1) is 15.6. The van der Waals surface area contributed by atoms with Crippen LogP contribution in [-0.4, -0.2) is 29.8 Å². The Kier molecular flexibility index (Phi) is 5.01. The highest BCUT2D eigenvalue weighted by molar-refractivity contribution is 5.57. The zero-order chi connectivity index (χ0) is 15.4. The number of benzene rings is 1. The molecule has 1 saturated heterocycles. The van der Waals surface area contributed by atoms with Gasteiger partial charge in [-0.25, -0.2) is 0 Å². The van der Waals surface area contributed by atoms with Crippen LogP contribution in [0.3, 0.4) is 0 Å². The van der Waals surface area contributed by atoms with E-state index in [1.165, 1.54) is 12.1 Å².